The predicted molar refractivity (Wildman–Crippen MR) is 108 cm³/mol. The van der Waals surface area contributed by atoms with Crippen LogP contribution < -0.4 is 4.72 Å². The first-order valence-electron chi connectivity index (χ1n) is 10.1. The number of hydrogen-bond donors (Lipinski definition) is 1. The Kier molecular flexibility index (Phi) is 7.85. The summed E-state index contributed by atoms with van der Waals surface area (Å²) in [7, 11) is -4.39. The number of ether oxygens (including phenoxy) is 1. The SMILES string of the molecule is CC(C)(C)OC(=O)N1CCC(CS(=O)(=O)NC(=O)c2cc(C(F)(F)F)cc(C(F)(F)F)c2)CC1. The minimum Gasteiger partial charge on any atom is -0.444 e. The second-order valence-corrected chi connectivity index (χ2v) is 10.7. The van der Waals surface area contributed by atoms with Crippen LogP contribution in [0.3, 0.4) is 0 Å². The van der Waals surface area contributed by atoms with E-state index in [1.807, 2.05) is 0 Å². The maximum absolute atomic E-state index is 13.0. The van der Waals surface area contributed by atoms with Crippen LogP contribution in [-0.4, -0.2) is 49.8 Å². The molecule has 7 nitrogen and oxygen atoms in total. The van der Waals surface area contributed by atoms with Gasteiger partial charge in [0, 0.05) is 18.7 Å². The van der Waals surface area contributed by atoms with Crippen LogP contribution >= 0.6 is 0 Å². The predicted octanol–water partition coefficient (Wildman–Crippen LogP) is 4.43. The van der Waals surface area contributed by atoms with Gasteiger partial charge < -0.3 is 9.64 Å². The minimum atomic E-state index is -5.18. The van der Waals surface area contributed by atoms with Crippen LogP contribution in [0.4, 0.5) is 31.1 Å². The summed E-state index contributed by atoms with van der Waals surface area (Å²) in [6, 6.07) is 0.141. The summed E-state index contributed by atoms with van der Waals surface area (Å²) in [6.45, 7) is 5.44. The van der Waals surface area contributed by atoms with E-state index in [2.05, 4.69) is 0 Å². The third-order valence-electron chi connectivity index (χ3n) is 4.82. The molecule has 192 valence electrons. The normalized spacial score (nSPS) is 16.3. The molecule has 1 saturated heterocycles. The standard InChI is InChI=1S/C20H24F6N2O5S/c1-18(2,3)33-17(30)28-6-4-12(5-7-28)11-34(31,32)27-16(29)13-8-14(19(21,22)23)10-15(9-13)20(24,25)26/h8-10,12H,4-7,11H2,1-3H3,(H,27,29). The van der Waals surface area contributed by atoms with E-state index in [0.717, 1.165) is 0 Å². The van der Waals surface area contributed by atoms with Crippen molar-refractivity contribution in [1.29, 1.82) is 0 Å². The number of amides is 2. The molecular formula is C20H24F6N2O5S. The average molecular weight is 518 g/mol. The molecule has 0 spiro atoms. The number of halogens is 6. The van der Waals surface area contributed by atoms with Crippen LogP contribution in [0.5, 0.6) is 0 Å². The summed E-state index contributed by atoms with van der Waals surface area (Å²) in [5, 5.41) is 0. The number of alkyl halides is 6. The molecule has 2 amide bonds. The monoisotopic (exact) mass is 518 g/mol. The lowest BCUT2D eigenvalue weighted by Crippen LogP contribution is -2.44. The van der Waals surface area contributed by atoms with Crippen LogP contribution in [0, 0.1) is 5.92 Å². The lowest BCUT2D eigenvalue weighted by atomic mass is 9.99. The number of carbonyl (C=O) groups is 2. The molecule has 0 saturated carbocycles. The number of hydrogen-bond acceptors (Lipinski definition) is 5. The number of nitrogens with zero attached hydrogens (tertiary/aromatic N) is 1. The molecule has 0 radical (unpaired) electrons. The van der Waals surface area contributed by atoms with E-state index >= 15 is 0 Å². The third kappa shape index (κ3) is 8.06. The van der Waals surface area contributed by atoms with Crippen molar-refractivity contribution in [3.05, 3.63) is 34.9 Å². The highest BCUT2D eigenvalue weighted by molar-refractivity contribution is 7.90. The highest BCUT2D eigenvalue weighted by Crippen LogP contribution is 2.36. The Hall–Kier alpha value is -2.51. The molecular weight excluding hydrogens is 494 g/mol. The van der Waals surface area contributed by atoms with E-state index < -0.39 is 68.3 Å². The van der Waals surface area contributed by atoms with Crippen molar-refractivity contribution in [1.82, 2.24) is 9.62 Å². The van der Waals surface area contributed by atoms with Gasteiger partial charge in [-0.15, -0.1) is 0 Å². The summed E-state index contributed by atoms with van der Waals surface area (Å²) in [4.78, 5) is 25.7. The Bertz CT molecular complexity index is 991. The van der Waals surface area contributed by atoms with E-state index in [4.69, 9.17) is 4.74 Å². The Labute approximate surface area is 192 Å². The highest BCUT2D eigenvalue weighted by Gasteiger charge is 2.38. The summed E-state index contributed by atoms with van der Waals surface area (Å²) in [5.41, 5.74) is -5.28. The average Bonchev–Trinajstić information content (AvgIpc) is 2.64. The van der Waals surface area contributed by atoms with Crippen molar-refractivity contribution < 1.29 is 49.1 Å². The number of piperidine rings is 1. The summed E-state index contributed by atoms with van der Waals surface area (Å²) >= 11 is 0. The molecule has 1 N–H and O–H groups in total. The lowest BCUT2D eigenvalue weighted by molar-refractivity contribution is -0.143. The molecule has 0 unspecified atom stereocenters. The van der Waals surface area contributed by atoms with E-state index in [0.29, 0.717) is 0 Å². The second kappa shape index (κ2) is 9.62. The largest absolute Gasteiger partial charge is 0.444 e. The molecule has 0 bridgehead atoms. The van der Waals surface area contributed by atoms with Crippen LogP contribution in [-0.2, 0) is 27.1 Å². The van der Waals surface area contributed by atoms with E-state index in [9.17, 15) is 44.3 Å². The number of rotatable bonds is 4. The Morgan fingerprint density at radius 1 is 0.971 bits per heavy atom. The molecule has 1 fully saturated rings. The third-order valence-corrected chi connectivity index (χ3v) is 6.23. The van der Waals surface area contributed by atoms with Gasteiger partial charge in [-0.3, -0.25) is 4.79 Å². The fraction of sp³-hybridized carbons (Fsp3) is 0.600. The number of likely N-dealkylation sites (tertiary alicyclic amines) is 1. The van der Waals surface area contributed by atoms with Crippen LogP contribution in [0.1, 0.15) is 55.1 Å². The summed E-state index contributed by atoms with van der Waals surface area (Å²) in [6.07, 6.45) is -10.4. The maximum atomic E-state index is 13.0. The first-order valence-corrected chi connectivity index (χ1v) is 11.7. The summed E-state index contributed by atoms with van der Waals surface area (Å²) in [5.74, 6) is -2.69. The molecule has 14 heteroatoms. The van der Waals surface area contributed by atoms with Crippen molar-refractivity contribution in [2.45, 2.75) is 51.6 Å². The van der Waals surface area contributed by atoms with E-state index in [1.165, 1.54) is 9.62 Å². The molecule has 1 heterocycles. The van der Waals surface area contributed by atoms with Gasteiger partial charge in [-0.1, -0.05) is 0 Å². The Balaban J connectivity index is 2.07. The van der Waals surface area contributed by atoms with Gasteiger partial charge in [0.2, 0.25) is 10.0 Å². The first-order chi connectivity index (χ1) is 15.3. The van der Waals surface area contributed by atoms with Gasteiger partial charge in [0.25, 0.3) is 5.91 Å². The molecule has 1 aromatic rings. The van der Waals surface area contributed by atoms with Gasteiger partial charge >= 0.3 is 18.4 Å². The number of carbonyl (C=O) groups excluding carboxylic acids is 2. The molecule has 2 rings (SSSR count). The lowest BCUT2D eigenvalue weighted by Gasteiger charge is -2.33. The zero-order valence-corrected chi connectivity index (χ0v) is 19.3. The molecule has 0 aromatic heterocycles. The zero-order chi connectivity index (χ0) is 26.1. The topological polar surface area (TPSA) is 92.8 Å². The number of sulfonamides is 1. The van der Waals surface area contributed by atoms with Crippen LogP contribution in [0.15, 0.2) is 18.2 Å². The summed E-state index contributed by atoms with van der Waals surface area (Å²) < 4.78 is 109. The Morgan fingerprint density at radius 2 is 1.44 bits per heavy atom. The maximum Gasteiger partial charge on any atom is 0.416 e. The minimum absolute atomic E-state index is 0.152. The van der Waals surface area contributed by atoms with E-state index in [-0.39, 0.29) is 44.1 Å². The smallest absolute Gasteiger partial charge is 0.416 e. The van der Waals surface area contributed by atoms with Crippen molar-refractivity contribution >= 4 is 22.0 Å². The first kappa shape index (κ1) is 27.7. The van der Waals surface area contributed by atoms with Crippen molar-refractivity contribution in [2.75, 3.05) is 18.8 Å². The van der Waals surface area contributed by atoms with Crippen LogP contribution in [0.25, 0.3) is 0 Å². The van der Waals surface area contributed by atoms with Crippen molar-refractivity contribution in [2.24, 2.45) is 5.92 Å². The Morgan fingerprint density at radius 3 is 1.85 bits per heavy atom. The van der Waals surface area contributed by atoms with Gasteiger partial charge in [0.1, 0.15) is 5.60 Å². The number of benzene rings is 1. The molecule has 34 heavy (non-hydrogen) atoms. The zero-order valence-electron chi connectivity index (χ0n) is 18.5. The van der Waals surface area contributed by atoms with Gasteiger partial charge in [-0.2, -0.15) is 26.3 Å². The molecule has 1 aliphatic heterocycles. The van der Waals surface area contributed by atoms with Crippen molar-refractivity contribution in [3.8, 4) is 0 Å². The van der Waals surface area contributed by atoms with Crippen LogP contribution in [0.2, 0.25) is 0 Å². The second-order valence-electron chi connectivity index (χ2n) is 8.92. The van der Waals surface area contributed by atoms with Gasteiger partial charge in [0.05, 0.1) is 16.9 Å². The van der Waals surface area contributed by atoms with Gasteiger partial charge in [-0.25, -0.2) is 17.9 Å². The quantitative estimate of drug-likeness (QED) is 0.596. The highest BCUT2D eigenvalue weighted by atomic mass is 32.2. The van der Waals surface area contributed by atoms with E-state index in [1.54, 1.807) is 20.8 Å². The molecule has 0 atom stereocenters. The van der Waals surface area contributed by atoms with Crippen molar-refractivity contribution in [3.63, 3.8) is 0 Å². The number of nitrogens with one attached hydrogen (secondary N) is 1. The van der Waals surface area contributed by atoms with Gasteiger partial charge in [-0.05, 0) is 57.7 Å². The fourth-order valence-electron chi connectivity index (χ4n) is 3.25. The molecule has 0 aliphatic carbocycles. The van der Waals surface area contributed by atoms with Gasteiger partial charge in [0.15, 0.2) is 0 Å². The molecule has 1 aromatic carbocycles. The fourth-order valence-corrected chi connectivity index (χ4v) is 4.68. The molecule has 1 aliphatic rings.